The highest BCUT2D eigenvalue weighted by molar-refractivity contribution is 5.80. The summed E-state index contributed by atoms with van der Waals surface area (Å²) in [6, 6.07) is 9.87. The maximum Gasteiger partial charge on any atom is 0.410 e. The molecule has 0 aliphatic carbocycles. The van der Waals surface area contributed by atoms with E-state index in [4.69, 9.17) is 4.74 Å². The molecule has 2 aliphatic heterocycles. The number of likely N-dealkylation sites (tertiary alicyclic amines) is 2. The summed E-state index contributed by atoms with van der Waals surface area (Å²) in [4.78, 5) is 28.7. The van der Waals surface area contributed by atoms with Crippen LogP contribution < -0.4 is 5.32 Å². The summed E-state index contributed by atoms with van der Waals surface area (Å²) in [5.41, 5.74) is 0.965. The fourth-order valence-electron chi connectivity index (χ4n) is 3.54. The molecular formula is C19H27N3O3. The van der Waals surface area contributed by atoms with Crippen LogP contribution in [0.3, 0.4) is 0 Å². The monoisotopic (exact) mass is 345 g/mol. The molecule has 136 valence electrons. The normalized spacial score (nSPS) is 24.1. The molecule has 2 saturated heterocycles. The predicted octanol–water partition coefficient (Wildman–Crippen LogP) is 1.86. The Kier molecular flexibility index (Phi) is 5.91. The van der Waals surface area contributed by atoms with E-state index < -0.39 is 0 Å². The van der Waals surface area contributed by atoms with E-state index in [9.17, 15) is 9.59 Å². The Hall–Kier alpha value is -2.08. The third-order valence-corrected chi connectivity index (χ3v) is 4.99. The zero-order valence-corrected chi connectivity index (χ0v) is 14.8. The molecular weight excluding hydrogens is 318 g/mol. The maximum atomic E-state index is 12.5. The van der Waals surface area contributed by atoms with Gasteiger partial charge in [-0.05, 0) is 38.4 Å². The minimum atomic E-state index is -0.332. The van der Waals surface area contributed by atoms with Gasteiger partial charge in [-0.25, -0.2) is 4.79 Å². The van der Waals surface area contributed by atoms with E-state index in [0.29, 0.717) is 13.1 Å². The number of amides is 2. The van der Waals surface area contributed by atoms with Crippen molar-refractivity contribution >= 4 is 12.0 Å². The van der Waals surface area contributed by atoms with Crippen molar-refractivity contribution in [3.8, 4) is 0 Å². The van der Waals surface area contributed by atoms with Crippen LogP contribution in [0, 0.1) is 5.92 Å². The van der Waals surface area contributed by atoms with Gasteiger partial charge in [0.25, 0.3) is 0 Å². The lowest BCUT2D eigenvalue weighted by atomic mass is 9.97. The van der Waals surface area contributed by atoms with E-state index in [1.807, 2.05) is 30.3 Å². The van der Waals surface area contributed by atoms with Crippen LogP contribution in [-0.4, -0.2) is 61.1 Å². The molecule has 1 aromatic rings. The molecule has 1 aromatic carbocycles. The van der Waals surface area contributed by atoms with Crippen LogP contribution in [0.15, 0.2) is 30.3 Å². The van der Waals surface area contributed by atoms with Gasteiger partial charge in [-0.3, -0.25) is 4.79 Å². The molecule has 2 heterocycles. The molecule has 6 heteroatoms. The Morgan fingerprint density at radius 1 is 1.16 bits per heavy atom. The molecule has 2 aliphatic rings. The van der Waals surface area contributed by atoms with Crippen LogP contribution in [0.5, 0.6) is 0 Å². The van der Waals surface area contributed by atoms with Gasteiger partial charge >= 0.3 is 6.09 Å². The largest absolute Gasteiger partial charge is 0.445 e. The second-order valence-electron chi connectivity index (χ2n) is 7.08. The molecule has 1 N–H and O–H groups in total. The molecule has 0 aromatic heterocycles. The van der Waals surface area contributed by atoms with Gasteiger partial charge in [0.2, 0.25) is 5.91 Å². The van der Waals surface area contributed by atoms with Crippen LogP contribution in [0.2, 0.25) is 0 Å². The molecule has 2 fully saturated rings. The quantitative estimate of drug-likeness (QED) is 0.905. The van der Waals surface area contributed by atoms with Crippen molar-refractivity contribution in [2.75, 3.05) is 33.2 Å². The number of nitrogens with one attached hydrogen (secondary N) is 1. The van der Waals surface area contributed by atoms with Crippen LogP contribution in [-0.2, 0) is 16.1 Å². The molecule has 2 amide bonds. The first-order chi connectivity index (χ1) is 12.1. The Bertz CT molecular complexity index is 593. The summed E-state index contributed by atoms with van der Waals surface area (Å²) in [5.74, 6) is -0.0650. The molecule has 6 nitrogen and oxygen atoms in total. The molecule has 0 bridgehead atoms. The van der Waals surface area contributed by atoms with Gasteiger partial charge < -0.3 is 19.9 Å². The molecule has 1 unspecified atom stereocenters. The highest BCUT2D eigenvalue weighted by Crippen LogP contribution is 2.19. The topological polar surface area (TPSA) is 61.9 Å². The number of hydrogen-bond donors (Lipinski definition) is 1. The van der Waals surface area contributed by atoms with Crippen LogP contribution in [0.25, 0.3) is 0 Å². The van der Waals surface area contributed by atoms with Crippen molar-refractivity contribution in [3.63, 3.8) is 0 Å². The van der Waals surface area contributed by atoms with Gasteiger partial charge in [0.05, 0.1) is 5.92 Å². The van der Waals surface area contributed by atoms with Gasteiger partial charge in [0.1, 0.15) is 6.61 Å². The van der Waals surface area contributed by atoms with Gasteiger partial charge in [0, 0.05) is 25.7 Å². The highest BCUT2D eigenvalue weighted by Gasteiger charge is 2.31. The summed E-state index contributed by atoms with van der Waals surface area (Å²) < 4.78 is 5.39. The Labute approximate surface area is 149 Å². The third kappa shape index (κ3) is 4.95. The van der Waals surface area contributed by atoms with Gasteiger partial charge in [0.15, 0.2) is 0 Å². The van der Waals surface area contributed by atoms with Crippen LogP contribution in [0.1, 0.15) is 24.8 Å². The molecule has 2 atom stereocenters. The molecule has 0 saturated carbocycles. The van der Waals surface area contributed by atoms with Crippen molar-refractivity contribution in [1.29, 1.82) is 0 Å². The summed E-state index contributed by atoms with van der Waals surface area (Å²) in [6.07, 6.45) is 2.33. The first-order valence-corrected chi connectivity index (χ1v) is 9.06. The molecule has 3 rings (SSSR count). The van der Waals surface area contributed by atoms with Crippen LogP contribution in [0.4, 0.5) is 4.79 Å². The number of rotatable bonds is 4. The fourth-order valence-corrected chi connectivity index (χ4v) is 3.54. The number of benzene rings is 1. The average molecular weight is 345 g/mol. The second kappa shape index (κ2) is 8.34. The molecule has 0 radical (unpaired) electrons. The number of ether oxygens (including phenoxy) is 1. The summed E-state index contributed by atoms with van der Waals surface area (Å²) >= 11 is 0. The average Bonchev–Trinajstić information content (AvgIpc) is 3.05. The van der Waals surface area contributed by atoms with Crippen molar-refractivity contribution in [1.82, 2.24) is 15.1 Å². The summed E-state index contributed by atoms with van der Waals surface area (Å²) in [6.45, 7) is 3.29. The lowest BCUT2D eigenvalue weighted by Gasteiger charge is -2.32. The lowest BCUT2D eigenvalue weighted by Crippen LogP contribution is -2.48. The Balaban J connectivity index is 1.46. The number of likely N-dealkylation sites (N-methyl/N-ethyl adjacent to an activating group) is 1. The molecule has 25 heavy (non-hydrogen) atoms. The maximum absolute atomic E-state index is 12.5. The number of piperidine rings is 1. The van der Waals surface area contributed by atoms with Crippen LogP contribution >= 0.6 is 0 Å². The smallest absolute Gasteiger partial charge is 0.410 e. The van der Waals surface area contributed by atoms with Gasteiger partial charge in [-0.1, -0.05) is 30.3 Å². The summed E-state index contributed by atoms with van der Waals surface area (Å²) in [7, 11) is 2.07. The highest BCUT2D eigenvalue weighted by atomic mass is 16.6. The molecule has 0 spiro atoms. The van der Waals surface area contributed by atoms with E-state index in [-0.39, 0.29) is 30.6 Å². The standard InChI is InChI=1S/C19H27N3O3/c1-21-11-9-17(13-21)20-18(23)16-8-5-10-22(12-16)19(24)25-14-15-6-3-2-4-7-15/h2-4,6-7,16-17H,5,8-14H2,1H3,(H,20,23)/t16?,17-/m1/s1. The summed E-state index contributed by atoms with van der Waals surface area (Å²) in [5, 5.41) is 3.14. The zero-order valence-electron chi connectivity index (χ0n) is 14.8. The number of hydrogen-bond acceptors (Lipinski definition) is 4. The predicted molar refractivity (Wildman–Crippen MR) is 95.0 cm³/mol. The third-order valence-electron chi connectivity index (χ3n) is 4.99. The first kappa shape index (κ1) is 17.7. The van der Waals surface area contributed by atoms with E-state index >= 15 is 0 Å². The number of carbonyl (C=O) groups is 2. The van der Waals surface area contributed by atoms with E-state index in [2.05, 4.69) is 17.3 Å². The SMILES string of the molecule is CN1CC[C@@H](NC(=O)C2CCCN(C(=O)OCc3ccccc3)C2)C1. The van der Waals surface area contributed by atoms with Crippen molar-refractivity contribution in [2.45, 2.75) is 31.9 Å². The van der Waals surface area contributed by atoms with Gasteiger partial charge in [-0.15, -0.1) is 0 Å². The first-order valence-electron chi connectivity index (χ1n) is 9.06. The lowest BCUT2D eigenvalue weighted by molar-refractivity contribution is -0.127. The van der Waals surface area contributed by atoms with Crippen molar-refractivity contribution < 1.29 is 14.3 Å². The van der Waals surface area contributed by atoms with Crippen molar-refractivity contribution in [2.24, 2.45) is 5.92 Å². The second-order valence-corrected chi connectivity index (χ2v) is 7.08. The van der Waals surface area contributed by atoms with E-state index in [0.717, 1.165) is 37.9 Å². The zero-order chi connectivity index (χ0) is 17.6. The Morgan fingerprint density at radius 2 is 1.96 bits per heavy atom. The van der Waals surface area contributed by atoms with Crippen molar-refractivity contribution in [3.05, 3.63) is 35.9 Å². The number of nitrogens with zero attached hydrogens (tertiary/aromatic N) is 2. The van der Waals surface area contributed by atoms with Gasteiger partial charge in [-0.2, -0.15) is 0 Å². The fraction of sp³-hybridized carbons (Fsp3) is 0.579. The number of carbonyl (C=O) groups excluding carboxylic acids is 2. The van der Waals surface area contributed by atoms with E-state index in [1.54, 1.807) is 4.90 Å². The minimum Gasteiger partial charge on any atom is -0.445 e. The Morgan fingerprint density at radius 3 is 2.68 bits per heavy atom. The minimum absolute atomic E-state index is 0.0702. The van der Waals surface area contributed by atoms with E-state index in [1.165, 1.54) is 0 Å².